The largest absolute Gasteiger partial charge is 0.482 e. The first-order valence-electron chi connectivity index (χ1n) is 8.81. The predicted octanol–water partition coefficient (Wildman–Crippen LogP) is 3.69. The van der Waals surface area contributed by atoms with Gasteiger partial charge in [-0.3, -0.25) is 9.59 Å². The molecule has 0 atom stereocenters. The number of hydrogen-bond donors (Lipinski definition) is 0. The number of ketones is 2. The third-order valence-electron chi connectivity index (χ3n) is 4.26. The van der Waals surface area contributed by atoms with Gasteiger partial charge in [0.1, 0.15) is 5.75 Å². The molecule has 0 aliphatic heterocycles. The number of hydrogen-bond acceptors (Lipinski definition) is 5. The van der Waals surface area contributed by atoms with Gasteiger partial charge in [0.25, 0.3) is 0 Å². The average molecular weight is 371 g/mol. The fraction of sp³-hybridized carbons (Fsp3) is 0.381. The van der Waals surface area contributed by atoms with Crippen molar-refractivity contribution in [2.24, 2.45) is 0 Å². The van der Waals surface area contributed by atoms with Gasteiger partial charge in [-0.15, -0.1) is 0 Å². The van der Waals surface area contributed by atoms with E-state index in [1.807, 2.05) is 33.8 Å². The molecule has 0 spiro atoms. The Balaban J connectivity index is 1.90. The average Bonchev–Trinajstić information content (AvgIpc) is 2.92. The fourth-order valence-electron chi connectivity index (χ4n) is 3.07. The van der Waals surface area contributed by atoms with Gasteiger partial charge in [-0.05, 0) is 52.8 Å². The molecule has 1 heterocycles. The van der Waals surface area contributed by atoms with Gasteiger partial charge < -0.3 is 14.0 Å². The Kier molecular flexibility index (Phi) is 6.55. The molecule has 0 unspecified atom stereocenters. The third kappa shape index (κ3) is 5.06. The molecule has 6 nitrogen and oxygen atoms in total. The maximum absolute atomic E-state index is 12.4. The van der Waals surface area contributed by atoms with Crippen molar-refractivity contribution < 1.29 is 23.9 Å². The van der Waals surface area contributed by atoms with Gasteiger partial charge in [0.15, 0.2) is 19.0 Å². The highest BCUT2D eigenvalue weighted by atomic mass is 16.6. The lowest BCUT2D eigenvalue weighted by molar-refractivity contribution is -0.144. The van der Waals surface area contributed by atoms with Crippen LogP contribution < -0.4 is 4.74 Å². The van der Waals surface area contributed by atoms with Gasteiger partial charge in [0.2, 0.25) is 5.78 Å². The summed E-state index contributed by atoms with van der Waals surface area (Å²) in [4.78, 5) is 35.6. The van der Waals surface area contributed by atoms with Gasteiger partial charge >= 0.3 is 5.97 Å². The first-order chi connectivity index (χ1) is 12.7. The lowest BCUT2D eigenvalue weighted by atomic mass is 10.1. The zero-order valence-corrected chi connectivity index (χ0v) is 16.4. The summed E-state index contributed by atoms with van der Waals surface area (Å²) in [6, 6.07) is 8.60. The molecule has 0 aliphatic rings. The minimum absolute atomic E-state index is 0.0902. The number of Topliss-reactive ketones (excluding diaryl/α,β-unsaturated/α-hetero) is 2. The zero-order valence-electron chi connectivity index (χ0n) is 16.4. The van der Waals surface area contributed by atoms with Crippen molar-refractivity contribution in [1.29, 1.82) is 0 Å². The van der Waals surface area contributed by atoms with E-state index in [1.54, 1.807) is 24.3 Å². The van der Waals surface area contributed by atoms with Crippen molar-refractivity contribution >= 4 is 17.5 Å². The summed E-state index contributed by atoms with van der Waals surface area (Å²) in [5.74, 6) is -0.588. The minimum Gasteiger partial charge on any atom is -0.482 e. The van der Waals surface area contributed by atoms with Crippen LogP contribution in [0.25, 0.3) is 0 Å². The molecule has 0 radical (unpaired) electrons. The molecule has 27 heavy (non-hydrogen) atoms. The zero-order chi connectivity index (χ0) is 20.1. The maximum atomic E-state index is 12.4. The SMILES string of the molecule is CC(=O)c1cccc(OCC(=O)OCC(=O)c2cc(C)n(C(C)C)c2C)c1. The van der Waals surface area contributed by atoms with Crippen molar-refractivity contribution in [1.82, 2.24) is 4.57 Å². The Morgan fingerprint density at radius 3 is 2.37 bits per heavy atom. The van der Waals surface area contributed by atoms with Crippen LogP contribution in [0.1, 0.15) is 58.9 Å². The van der Waals surface area contributed by atoms with Crippen LogP contribution in [-0.2, 0) is 9.53 Å². The molecule has 6 heteroatoms. The van der Waals surface area contributed by atoms with Crippen molar-refractivity contribution in [2.75, 3.05) is 13.2 Å². The molecule has 0 amide bonds. The number of benzene rings is 1. The maximum Gasteiger partial charge on any atom is 0.344 e. The molecular weight excluding hydrogens is 346 g/mol. The molecule has 144 valence electrons. The highest BCUT2D eigenvalue weighted by Gasteiger charge is 2.18. The number of esters is 1. The number of aryl methyl sites for hydroxylation is 1. The van der Waals surface area contributed by atoms with Gasteiger partial charge in [0.05, 0.1) is 0 Å². The van der Waals surface area contributed by atoms with Crippen LogP contribution >= 0.6 is 0 Å². The van der Waals surface area contributed by atoms with E-state index < -0.39 is 5.97 Å². The molecule has 0 N–H and O–H groups in total. The molecule has 0 aliphatic carbocycles. The van der Waals surface area contributed by atoms with Gasteiger partial charge in [-0.1, -0.05) is 12.1 Å². The van der Waals surface area contributed by atoms with Crippen LogP contribution in [0.3, 0.4) is 0 Å². The number of ether oxygens (including phenoxy) is 2. The standard InChI is InChI=1S/C21H25NO5/c1-13(2)22-14(3)9-19(15(22)4)20(24)11-27-21(25)12-26-18-8-6-7-17(10-18)16(5)23/h6-10,13H,11-12H2,1-5H3. The fourth-order valence-corrected chi connectivity index (χ4v) is 3.07. The Morgan fingerprint density at radius 1 is 1.07 bits per heavy atom. The van der Waals surface area contributed by atoms with Gasteiger partial charge in [0, 0.05) is 28.6 Å². The Hall–Kier alpha value is -2.89. The highest BCUT2D eigenvalue weighted by Crippen LogP contribution is 2.20. The minimum atomic E-state index is -0.644. The lowest BCUT2D eigenvalue weighted by Gasteiger charge is -2.13. The molecule has 1 aromatic carbocycles. The van der Waals surface area contributed by atoms with E-state index in [0.29, 0.717) is 16.9 Å². The molecule has 2 rings (SSSR count). The number of carbonyl (C=O) groups is 3. The molecule has 0 saturated heterocycles. The number of nitrogens with zero attached hydrogens (tertiary/aromatic N) is 1. The monoisotopic (exact) mass is 371 g/mol. The Morgan fingerprint density at radius 2 is 1.78 bits per heavy atom. The van der Waals surface area contributed by atoms with E-state index in [4.69, 9.17) is 9.47 Å². The topological polar surface area (TPSA) is 74.6 Å². The van der Waals surface area contributed by atoms with Crippen LogP contribution in [0, 0.1) is 13.8 Å². The first kappa shape index (κ1) is 20.4. The number of aromatic nitrogens is 1. The van der Waals surface area contributed by atoms with Crippen LogP contribution in [0.4, 0.5) is 0 Å². The van der Waals surface area contributed by atoms with Crippen LogP contribution in [-0.4, -0.2) is 35.3 Å². The molecular formula is C21H25NO5. The summed E-state index contributed by atoms with van der Waals surface area (Å²) < 4.78 is 12.4. The molecule has 0 fully saturated rings. The van der Waals surface area contributed by atoms with Crippen molar-refractivity contribution in [3.8, 4) is 5.75 Å². The van der Waals surface area contributed by atoms with E-state index in [1.165, 1.54) is 6.92 Å². The van der Waals surface area contributed by atoms with E-state index in [2.05, 4.69) is 4.57 Å². The summed E-state index contributed by atoms with van der Waals surface area (Å²) in [7, 11) is 0. The van der Waals surface area contributed by atoms with Crippen LogP contribution in [0.2, 0.25) is 0 Å². The second-order valence-electron chi connectivity index (χ2n) is 6.71. The lowest BCUT2D eigenvalue weighted by Crippen LogP contribution is -2.20. The molecule has 1 aromatic heterocycles. The predicted molar refractivity (Wildman–Crippen MR) is 102 cm³/mol. The summed E-state index contributed by atoms with van der Waals surface area (Å²) in [5.41, 5.74) is 2.91. The second kappa shape index (κ2) is 8.66. The van der Waals surface area contributed by atoms with Crippen molar-refractivity contribution in [3.05, 3.63) is 52.8 Å². The van der Waals surface area contributed by atoms with Gasteiger partial charge in [-0.2, -0.15) is 0 Å². The van der Waals surface area contributed by atoms with Gasteiger partial charge in [-0.25, -0.2) is 4.79 Å². The quantitative estimate of drug-likeness (QED) is 0.522. The Labute approximate surface area is 159 Å². The van der Waals surface area contributed by atoms with Crippen molar-refractivity contribution in [2.45, 2.75) is 40.7 Å². The highest BCUT2D eigenvalue weighted by molar-refractivity contribution is 5.99. The van der Waals surface area contributed by atoms with E-state index >= 15 is 0 Å². The van der Waals surface area contributed by atoms with E-state index in [9.17, 15) is 14.4 Å². The van der Waals surface area contributed by atoms with Crippen molar-refractivity contribution in [3.63, 3.8) is 0 Å². The van der Waals surface area contributed by atoms with Crippen LogP contribution in [0.15, 0.2) is 30.3 Å². The van der Waals surface area contributed by atoms with E-state index in [-0.39, 0.29) is 30.8 Å². The first-order valence-corrected chi connectivity index (χ1v) is 8.81. The third-order valence-corrected chi connectivity index (χ3v) is 4.26. The number of carbonyl (C=O) groups excluding carboxylic acids is 3. The smallest absolute Gasteiger partial charge is 0.344 e. The summed E-state index contributed by atoms with van der Waals surface area (Å²) in [5, 5.41) is 0. The normalized spacial score (nSPS) is 10.7. The molecule has 2 aromatic rings. The summed E-state index contributed by atoms with van der Waals surface area (Å²) >= 11 is 0. The number of rotatable bonds is 8. The molecule has 0 bridgehead atoms. The summed E-state index contributed by atoms with van der Waals surface area (Å²) in [6.07, 6.45) is 0. The summed E-state index contributed by atoms with van der Waals surface area (Å²) in [6.45, 7) is 8.71. The van der Waals surface area contributed by atoms with E-state index in [0.717, 1.165) is 11.4 Å². The van der Waals surface area contributed by atoms with Crippen LogP contribution in [0.5, 0.6) is 5.75 Å². The molecule has 0 saturated carbocycles. The second-order valence-corrected chi connectivity index (χ2v) is 6.71. The Bertz CT molecular complexity index is 863.